The van der Waals surface area contributed by atoms with Crippen molar-refractivity contribution in [2.45, 2.75) is 11.8 Å². The molecule has 1 rings (SSSR count). The maximum absolute atomic E-state index is 12.0. The van der Waals surface area contributed by atoms with E-state index in [4.69, 9.17) is 10.5 Å². The number of benzene rings is 1. The summed E-state index contributed by atoms with van der Waals surface area (Å²) in [6, 6.07) is 5.26. The van der Waals surface area contributed by atoms with Crippen LogP contribution in [0.15, 0.2) is 23.1 Å². The van der Waals surface area contributed by atoms with Crippen LogP contribution < -0.4 is 10.5 Å². The summed E-state index contributed by atoms with van der Waals surface area (Å²) in [6.07, 6.45) is 0. The summed E-state index contributed by atoms with van der Waals surface area (Å²) in [5, 5.41) is 0. The van der Waals surface area contributed by atoms with Crippen LogP contribution in [0.2, 0.25) is 0 Å². The second kappa shape index (κ2) is 6.81. The fraction of sp³-hybridized carbons (Fsp3) is 0.455. The van der Waals surface area contributed by atoms with E-state index >= 15 is 0 Å². The number of methoxy groups -OCH3 is 1. The Balaban J connectivity index is 2.73. The first-order valence-corrected chi connectivity index (χ1v) is 7.56. The first kappa shape index (κ1) is 13.4. The summed E-state index contributed by atoms with van der Waals surface area (Å²) in [7, 11) is 0.554. The van der Waals surface area contributed by atoms with Gasteiger partial charge in [0.25, 0.3) is 0 Å². The van der Waals surface area contributed by atoms with Crippen LogP contribution in [0, 0.1) is 0 Å². The van der Waals surface area contributed by atoms with Gasteiger partial charge < -0.3 is 10.5 Å². The van der Waals surface area contributed by atoms with Crippen LogP contribution in [0.1, 0.15) is 6.92 Å². The second-order valence-corrected chi connectivity index (χ2v) is 6.08. The molecule has 2 N–H and O–H groups in total. The normalized spacial score (nSPS) is 12.4. The summed E-state index contributed by atoms with van der Waals surface area (Å²) >= 11 is 1.78. The van der Waals surface area contributed by atoms with Crippen LogP contribution in [-0.4, -0.2) is 28.6 Å². The molecule has 16 heavy (non-hydrogen) atoms. The minimum absolute atomic E-state index is 0.570. The van der Waals surface area contributed by atoms with Gasteiger partial charge in [-0.25, -0.2) is 0 Å². The van der Waals surface area contributed by atoms with E-state index in [1.807, 2.05) is 0 Å². The molecule has 5 heteroatoms. The van der Waals surface area contributed by atoms with E-state index in [0.717, 1.165) is 11.5 Å². The van der Waals surface area contributed by atoms with Gasteiger partial charge in [0.2, 0.25) is 0 Å². The number of anilines is 1. The summed E-state index contributed by atoms with van der Waals surface area (Å²) in [5.74, 6) is 3.26. The summed E-state index contributed by atoms with van der Waals surface area (Å²) in [4.78, 5) is 0.677. The van der Waals surface area contributed by atoms with E-state index in [0.29, 0.717) is 22.1 Å². The molecule has 1 aromatic rings. The number of rotatable bonds is 6. The minimum Gasteiger partial charge on any atom is -0.497 e. The Morgan fingerprint density at radius 2 is 2.25 bits per heavy atom. The maximum atomic E-state index is 12.0. The molecule has 0 aromatic heterocycles. The molecule has 1 atom stereocenters. The first-order chi connectivity index (χ1) is 7.69. The fourth-order valence-electron chi connectivity index (χ4n) is 1.23. The van der Waals surface area contributed by atoms with Crippen molar-refractivity contribution in [3.63, 3.8) is 0 Å². The van der Waals surface area contributed by atoms with Crippen LogP contribution in [0.3, 0.4) is 0 Å². The van der Waals surface area contributed by atoms with E-state index in [-0.39, 0.29) is 0 Å². The molecular weight excluding hydrogens is 242 g/mol. The van der Waals surface area contributed by atoms with Crippen molar-refractivity contribution in [1.82, 2.24) is 0 Å². The van der Waals surface area contributed by atoms with E-state index in [2.05, 4.69) is 6.92 Å². The van der Waals surface area contributed by atoms with Gasteiger partial charge in [-0.3, -0.25) is 4.21 Å². The Kier molecular flexibility index (Phi) is 5.69. The molecule has 1 aromatic carbocycles. The van der Waals surface area contributed by atoms with Crippen molar-refractivity contribution in [2.75, 3.05) is 30.1 Å². The second-order valence-electron chi connectivity index (χ2n) is 3.15. The lowest BCUT2D eigenvalue weighted by molar-refractivity contribution is 0.413. The molecule has 0 heterocycles. The Bertz CT molecular complexity index is 369. The Labute approximate surface area is 103 Å². The van der Waals surface area contributed by atoms with Gasteiger partial charge in [0.05, 0.1) is 22.8 Å². The Morgan fingerprint density at radius 3 is 2.88 bits per heavy atom. The fourth-order valence-corrected chi connectivity index (χ4v) is 3.39. The number of thioether (sulfide) groups is 1. The summed E-state index contributed by atoms with van der Waals surface area (Å²) in [5.41, 5.74) is 6.36. The van der Waals surface area contributed by atoms with Crippen molar-refractivity contribution >= 4 is 28.2 Å². The van der Waals surface area contributed by atoms with Gasteiger partial charge in [-0.1, -0.05) is 6.92 Å². The predicted molar refractivity (Wildman–Crippen MR) is 71.7 cm³/mol. The molecule has 0 aliphatic heterocycles. The highest BCUT2D eigenvalue weighted by Gasteiger charge is 2.09. The Hall–Kier alpha value is -0.680. The molecule has 0 aliphatic carbocycles. The van der Waals surface area contributed by atoms with Crippen molar-refractivity contribution in [3.8, 4) is 5.75 Å². The predicted octanol–water partition coefficient (Wildman–Crippen LogP) is 2.14. The van der Waals surface area contributed by atoms with Crippen molar-refractivity contribution in [2.24, 2.45) is 0 Å². The van der Waals surface area contributed by atoms with Gasteiger partial charge in [0, 0.05) is 17.2 Å². The molecule has 0 aliphatic rings. The number of hydrogen-bond acceptors (Lipinski definition) is 4. The third kappa shape index (κ3) is 3.72. The van der Waals surface area contributed by atoms with Gasteiger partial charge in [-0.05, 0) is 24.0 Å². The van der Waals surface area contributed by atoms with Gasteiger partial charge in [0.1, 0.15) is 5.75 Å². The van der Waals surface area contributed by atoms with Crippen LogP contribution >= 0.6 is 11.8 Å². The molecular formula is C11H17NO2S2. The van der Waals surface area contributed by atoms with Crippen LogP contribution in [0.4, 0.5) is 5.69 Å². The highest BCUT2D eigenvalue weighted by molar-refractivity contribution is 8.00. The van der Waals surface area contributed by atoms with Crippen molar-refractivity contribution in [3.05, 3.63) is 18.2 Å². The molecule has 3 nitrogen and oxygen atoms in total. The van der Waals surface area contributed by atoms with Gasteiger partial charge in [0.15, 0.2) is 0 Å². The third-order valence-electron chi connectivity index (χ3n) is 2.08. The SMILES string of the molecule is CCSCCS(=O)c1cc(OC)ccc1N. The van der Waals surface area contributed by atoms with E-state index in [1.165, 1.54) is 0 Å². The van der Waals surface area contributed by atoms with Gasteiger partial charge in [-0.15, -0.1) is 0 Å². The third-order valence-corrected chi connectivity index (χ3v) is 4.66. The molecule has 1 unspecified atom stereocenters. The zero-order valence-electron chi connectivity index (χ0n) is 9.56. The first-order valence-electron chi connectivity index (χ1n) is 5.08. The maximum Gasteiger partial charge on any atom is 0.120 e. The minimum atomic E-state index is -1.03. The highest BCUT2D eigenvalue weighted by atomic mass is 32.2. The van der Waals surface area contributed by atoms with Crippen molar-refractivity contribution < 1.29 is 8.95 Å². The van der Waals surface area contributed by atoms with E-state index in [1.54, 1.807) is 37.1 Å². The average molecular weight is 259 g/mol. The molecule has 0 fully saturated rings. The Morgan fingerprint density at radius 1 is 1.50 bits per heavy atom. The van der Waals surface area contributed by atoms with Crippen LogP contribution in [0.5, 0.6) is 5.75 Å². The highest BCUT2D eigenvalue weighted by Crippen LogP contribution is 2.23. The van der Waals surface area contributed by atoms with Gasteiger partial charge >= 0.3 is 0 Å². The molecule has 0 spiro atoms. The summed E-state index contributed by atoms with van der Waals surface area (Å²) < 4.78 is 17.1. The number of hydrogen-bond donors (Lipinski definition) is 1. The van der Waals surface area contributed by atoms with Crippen molar-refractivity contribution in [1.29, 1.82) is 0 Å². The average Bonchev–Trinajstić information content (AvgIpc) is 2.30. The molecule has 0 saturated heterocycles. The number of nitrogen functional groups attached to an aromatic ring is 1. The number of nitrogens with two attached hydrogens (primary N) is 1. The standard InChI is InChI=1S/C11H17NO2S2/c1-3-15-6-7-16(13)11-8-9(14-2)4-5-10(11)12/h4-5,8H,3,6-7,12H2,1-2H3. The quantitative estimate of drug-likeness (QED) is 0.628. The lowest BCUT2D eigenvalue weighted by Crippen LogP contribution is -2.04. The molecule has 0 amide bonds. The molecule has 0 bridgehead atoms. The zero-order valence-corrected chi connectivity index (χ0v) is 11.2. The molecule has 0 saturated carbocycles. The van der Waals surface area contributed by atoms with Gasteiger partial charge in [-0.2, -0.15) is 11.8 Å². The lowest BCUT2D eigenvalue weighted by Gasteiger charge is -2.07. The summed E-state index contributed by atoms with van der Waals surface area (Å²) in [6.45, 7) is 2.09. The number of ether oxygens (including phenoxy) is 1. The van der Waals surface area contributed by atoms with Crippen LogP contribution in [0.25, 0.3) is 0 Å². The zero-order chi connectivity index (χ0) is 12.0. The lowest BCUT2D eigenvalue weighted by atomic mass is 10.3. The van der Waals surface area contributed by atoms with Crippen LogP contribution in [-0.2, 0) is 10.8 Å². The monoisotopic (exact) mass is 259 g/mol. The van der Waals surface area contributed by atoms with E-state index < -0.39 is 10.8 Å². The molecule has 0 radical (unpaired) electrons. The van der Waals surface area contributed by atoms with E-state index in [9.17, 15) is 4.21 Å². The largest absolute Gasteiger partial charge is 0.497 e. The smallest absolute Gasteiger partial charge is 0.120 e. The molecule has 90 valence electrons. The topological polar surface area (TPSA) is 52.3 Å².